The van der Waals surface area contributed by atoms with Crippen LogP contribution < -0.4 is 5.32 Å². The van der Waals surface area contributed by atoms with Gasteiger partial charge in [-0.15, -0.1) is 0 Å². The molecule has 0 heterocycles. The summed E-state index contributed by atoms with van der Waals surface area (Å²) in [6, 6.07) is -0.441. The first-order valence-corrected chi connectivity index (χ1v) is 6.42. The first kappa shape index (κ1) is 13.4. The predicted octanol–water partition coefficient (Wildman–Crippen LogP) is -0.128. The predicted molar refractivity (Wildman–Crippen MR) is 54.0 cm³/mol. The summed E-state index contributed by atoms with van der Waals surface area (Å²) in [5.41, 5.74) is 0. The largest absolute Gasteiger partial charge is 0.481 e. The van der Waals surface area contributed by atoms with Crippen LogP contribution in [0.5, 0.6) is 0 Å². The third-order valence-electron chi connectivity index (χ3n) is 1.60. The van der Waals surface area contributed by atoms with Crippen molar-refractivity contribution in [3.63, 3.8) is 0 Å². The molecule has 0 aliphatic rings. The zero-order valence-corrected chi connectivity index (χ0v) is 9.47. The van der Waals surface area contributed by atoms with E-state index in [0.717, 1.165) is 6.26 Å². The van der Waals surface area contributed by atoms with Crippen molar-refractivity contribution in [3.05, 3.63) is 0 Å². The molecule has 0 amide bonds. The smallest absolute Gasteiger partial charge is 0.304 e. The number of rotatable bonds is 6. The fourth-order valence-corrected chi connectivity index (χ4v) is 2.31. The Morgan fingerprint density at radius 3 is 2.21 bits per heavy atom. The van der Waals surface area contributed by atoms with Crippen LogP contribution >= 0.6 is 0 Å². The van der Waals surface area contributed by atoms with Crippen molar-refractivity contribution in [1.29, 1.82) is 0 Å². The van der Waals surface area contributed by atoms with Crippen molar-refractivity contribution >= 4 is 15.8 Å². The van der Waals surface area contributed by atoms with Gasteiger partial charge in [-0.3, -0.25) is 4.79 Å². The zero-order chi connectivity index (χ0) is 11.4. The minimum atomic E-state index is -3.01. The molecule has 2 N–H and O–H groups in total. The van der Waals surface area contributed by atoms with E-state index in [1.165, 1.54) is 0 Å². The van der Waals surface area contributed by atoms with E-state index in [0.29, 0.717) is 0 Å². The van der Waals surface area contributed by atoms with E-state index in [2.05, 4.69) is 5.32 Å². The van der Waals surface area contributed by atoms with Gasteiger partial charge >= 0.3 is 5.97 Å². The summed E-state index contributed by atoms with van der Waals surface area (Å²) >= 11 is 0. The lowest BCUT2D eigenvalue weighted by atomic mass is 10.2. The lowest BCUT2D eigenvalue weighted by Crippen LogP contribution is -2.39. The molecule has 0 bridgehead atoms. The van der Waals surface area contributed by atoms with E-state index in [-0.39, 0.29) is 24.3 Å². The van der Waals surface area contributed by atoms with Crippen LogP contribution in [0.2, 0.25) is 0 Å². The quantitative estimate of drug-likeness (QED) is 0.655. The third kappa shape index (κ3) is 8.00. The molecule has 0 aliphatic carbocycles. The number of aliphatic carboxylic acids is 1. The summed E-state index contributed by atoms with van der Waals surface area (Å²) in [6.07, 6.45) is 1.15. The molecule has 5 nitrogen and oxygen atoms in total. The maximum absolute atomic E-state index is 10.9. The maximum Gasteiger partial charge on any atom is 0.304 e. The summed E-state index contributed by atoms with van der Waals surface area (Å²) in [6.45, 7) is 3.44. The molecule has 84 valence electrons. The second kappa shape index (κ2) is 5.31. The second-order valence-electron chi connectivity index (χ2n) is 3.66. The van der Waals surface area contributed by atoms with Crippen molar-refractivity contribution in [2.75, 3.05) is 12.0 Å². The molecule has 0 rings (SSSR count). The Bertz CT molecular complexity index is 286. The van der Waals surface area contributed by atoms with Gasteiger partial charge in [0.2, 0.25) is 0 Å². The van der Waals surface area contributed by atoms with E-state index in [1.807, 2.05) is 0 Å². The highest BCUT2D eigenvalue weighted by molar-refractivity contribution is 7.90. The van der Waals surface area contributed by atoms with Gasteiger partial charge in [-0.05, 0) is 13.8 Å². The van der Waals surface area contributed by atoms with Crippen molar-refractivity contribution in [3.8, 4) is 0 Å². The topological polar surface area (TPSA) is 83.5 Å². The molecule has 0 saturated heterocycles. The second-order valence-corrected chi connectivity index (χ2v) is 5.84. The van der Waals surface area contributed by atoms with Crippen molar-refractivity contribution < 1.29 is 18.3 Å². The summed E-state index contributed by atoms with van der Waals surface area (Å²) < 4.78 is 21.8. The van der Waals surface area contributed by atoms with Crippen LogP contribution in [-0.2, 0) is 14.6 Å². The van der Waals surface area contributed by atoms with Crippen molar-refractivity contribution in [1.82, 2.24) is 5.32 Å². The van der Waals surface area contributed by atoms with Crippen LogP contribution in [0.25, 0.3) is 0 Å². The molecule has 0 aromatic heterocycles. The molecule has 0 saturated carbocycles. The standard InChI is InChI=1S/C8H17NO4S/c1-6(4-8(10)11)9-7(2)5-14(3,12)13/h6-7,9H,4-5H2,1-3H3,(H,10,11). The van der Waals surface area contributed by atoms with E-state index in [1.54, 1.807) is 13.8 Å². The zero-order valence-electron chi connectivity index (χ0n) is 8.65. The summed E-state index contributed by atoms with van der Waals surface area (Å²) in [4.78, 5) is 10.3. The number of sulfone groups is 1. The average Bonchev–Trinajstić information content (AvgIpc) is 1.77. The van der Waals surface area contributed by atoms with Gasteiger partial charge in [-0.1, -0.05) is 0 Å². The Labute approximate surface area is 84.4 Å². The monoisotopic (exact) mass is 223 g/mol. The van der Waals surface area contributed by atoms with Gasteiger partial charge in [-0.25, -0.2) is 8.42 Å². The molecule has 0 aromatic carbocycles. The molecular weight excluding hydrogens is 206 g/mol. The van der Waals surface area contributed by atoms with Gasteiger partial charge in [0.1, 0.15) is 9.84 Å². The first-order chi connectivity index (χ1) is 6.20. The number of nitrogens with one attached hydrogen (secondary N) is 1. The highest BCUT2D eigenvalue weighted by Crippen LogP contribution is 1.96. The molecule has 14 heavy (non-hydrogen) atoms. The van der Waals surface area contributed by atoms with Crippen LogP contribution in [0.3, 0.4) is 0 Å². The minimum Gasteiger partial charge on any atom is -0.481 e. The SMILES string of the molecule is CC(CC(=O)O)NC(C)CS(C)(=O)=O. The summed E-state index contributed by atoms with van der Waals surface area (Å²) in [5, 5.41) is 11.4. The van der Waals surface area contributed by atoms with E-state index >= 15 is 0 Å². The van der Waals surface area contributed by atoms with Crippen molar-refractivity contribution in [2.45, 2.75) is 32.4 Å². The van der Waals surface area contributed by atoms with Gasteiger partial charge < -0.3 is 10.4 Å². The number of carboxylic acids is 1. The molecule has 2 unspecified atom stereocenters. The van der Waals surface area contributed by atoms with Gasteiger partial charge in [0.25, 0.3) is 0 Å². The van der Waals surface area contributed by atoms with E-state index in [4.69, 9.17) is 5.11 Å². The minimum absolute atomic E-state index is 0.00585. The van der Waals surface area contributed by atoms with E-state index in [9.17, 15) is 13.2 Å². The lowest BCUT2D eigenvalue weighted by Gasteiger charge is -2.17. The average molecular weight is 223 g/mol. The normalized spacial score (nSPS) is 16.2. The molecule has 2 atom stereocenters. The number of carboxylic acid groups (broad SMARTS) is 1. The Kier molecular flexibility index (Phi) is 5.07. The van der Waals surface area contributed by atoms with Gasteiger partial charge in [-0.2, -0.15) is 0 Å². The van der Waals surface area contributed by atoms with Gasteiger partial charge in [0.15, 0.2) is 0 Å². The summed E-state index contributed by atoms with van der Waals surface area (Å²) in [5.74, 6) is -0.867. The number of carbonyl (C=O) groups is 1. The molecular formula is C8H17NO4S. The number of hydrogen-bond donors (Lipinski definition) is 2. The van der Waals surface area contributed by atoms with Crippen LogP contribution in [-0.4, -0.2) is 43.6 Å². The Balaban J connectivity index is 3.94. The Morgan fingerprint density at radius 2 is 1.86 bits per heavy atom. The molecule has 0 spiro atoms. The number of hydrogen-bond acceptors (Lipinski definition) is 4. The van der Waals surface area contributed by atoms with Crippen molar-refractivity contribution in [2.24, 2.45) is 0 Å². The van der Waals surface area contributed by atoms with Crippen LogP contribution in [0.15, 0.2) is 0 Å². The first-order valence-electron chi connectivity index (χ1n) is 4.36. The van der Waals surface area contributed by atoms with Gasteiger partial charge in [0, 0.05) is 18.3 Å². The molecule has 0 aliphatic heterocycles. The Morgan fingerprint density at radius 1 is 1.36 bits per heavy atom. The fraction of sp³-hybridized carbons (Fsp3) is 0.875. The van der Waals surface area contributed by atoms with Crippen LogP contribution in [0, 0.1) is 0 Å². The molecule has 6 heteroatoms. The third-order valence-corrected chi connectivity index (χ3v) is 2.71. The molecule has 0 fully saturated rings. The molecule has 0 radical (unpaired) electrons. The van der Waals surface area contributed by atoms with Crippen LogP contribution in [0.4, 0.5) is 0 Å². The summed E-state index contributed by atoms with van der Waals surface area (Å²) in [7, 11) is -3.01. The fourth-order valence-electron chi connectivity index (χ4n) is 1.31. The van der Waals surface area contributed by atoms with Gasteiger partial charge in [0.05, 0.1) is 12.2 Å². The molecule has 0 aromatic rings. The lowest BCUT2D eigenvalue weighted by molar-refractivity contribution is -0.137. The maximum atomic E-state index is 10.9. The Hall–Kier alpha value is -0.620. The van der Waals surface area contributed by atoms with Crippen LogP contribution in [0.1, 0.15) is 20.3 Å². The van der Waals surface area contributed by atoms with E-state index < -0.39 is 15.8 Å². The highest BCUT2D eigenvalue weighted by Gasteiger charge is 2.14. The highest BCUT2D eigenvalue weighted by atomic mass is 32.2.